The van der Waals surface area contributed by atoms with Gasteiger partial charge in [-0.05, 0) is 24.6 Å². The van der Waals surface area contributed by atoms with E-state index in [4.69, 9.17) is 15.9 Å². The van der Waals surface area contributed by atoms with Crippen LogP contribution in [0.2, 0.25) is 0 Å². The molecule has 0 aromatic heterocycles. The Morgan fingerprint density at radius 1 is 1.00 bits per heavy atom. The molecule has 0 bridgehead atoms. The number of phenolic OH excluding ortho intramolecular Hbond substituents is 1. The minimum Gasteiger partial charge on any atom is -0.508 e. The Bertz CT molecular complexity index is 708. The molecule has 28 heavy (non-hydrogen) atoms. The van der Waals surface area contributed by atoms with Crippen LogP contribution in [-0.2, 0) is 25.6 Å². The Kier molecular flexibility index (Phi) is 8.85. The van der Waals surface area contributed by atoms with Gasteiger partial charge in [-0.15, -0.1) is 0 Å². The zero-order valence-corrected chi connectivity index (χ0v) is 15.2. The molecular formula is C17H24N4O7. The minimum atomic E-state index is -1.54. The molecule has 0 radical (unpaired) electrons. The number of hydrogen-bond donors (Lipinski definition) is 7. The maximum absolute atomic E-state index is 12.5. The van der Waals surface area contributed by atoms with Crippen LogP contribution >= 0.6 is 0 Å². The van der Waals surface area contributed by atoms with E-state index in [1.165, 1.54) is 31.2 Å². The maximum atomic E-state index is 12.5. The highest BCUT2D eigenvalue weighted by molar-refractivity contribution is 5.93. The first-order valence-corrected chi connectivity index (χ1v) is 8.39. The van der Waals surface area contributed by atoms with Gasteiger partial charge in [-0.1, -0.05) is 12.1 Å². The summed E-state index contributed by atoms with van der Waals surface area (Å²) in [6.07, 6.45) is -0.0207. The summed E-state index contributed by atoms with van der Waals surface area (Å²) in [5.74, 6) is -3.50. The minimum absolute atomic E-state index is 0.0122. The number of carboxylic acid groups (broad SMARTS) is 1. The highest BCUT2D eigenvalue weighted by Gasteiger charge is 2.28. The van der Waals surface area contributed by atoms with Crippen molar-refractivity contribution in [3.05, 3.63) is 29.8 Å². The fourth-order valence-corrected chi connectivity index (χ4v) is 2.20. The first kappa shape index (κ1) is 22.9. The monoisotopic (exact) mass is 396 g/mol. The zero-order valence-electron chi connectivity index (χ0n) is 15.2. The number of hydrogen-bond acceptors (Lipinski definition) is 7. The van der Waals surface area contributed by atoms with Crippen molar-refractivity contribution in [2.24, 2.45) is 5.73 Å². The van der Waals surface area contributed by atoms with Crippen molar-refractivity contribution in [2.75, 3.05) is 13.2 Å². The van der Waals surface area contributed by atoms with Crippen LogP contribution in [0.1, 0.15) is 12.5 Å². The van der Waals surface area contributed by atoms with Crippen molar-refractivity contribution in [3.63, 3.8) is 0 Å². The first-order valence-electron chi connectivity index (χ1n) is 8.39. The molecule has 1 rings (SSSR count). The average molecular weight is 396 g/mol. The third-order valence-electron chi connectivity index (χ3n) is 3.76. The van der Waals surface area contributed by atoms with E-state index in [0.29, 0.717) is 5.56 Å². The normalized spacial score (nSPS) is 13.7. The molecular weight excluding hydrogens is 372 g/mol. The van der Waals surface area contributed by atoms with Crippen molar-refractivity contribution in [2.45, 2.75) is 31.5 Å². The van der Waals surface area contributed by atoms with Gasteiger partial charge < -0.3 is 37.0 Å². The van der Waals surface area contributed by atoms with Crippen LogP contribution in [0.25, 0.3) is 0 Å². The SMILES string of the molecule is CC(NC(=O)CN)C(=O)NC(Cc1ccc(O)cc1)C(=O)NC(CO)C(=O)O. The summed E-state index contributed by atoms with van der Waals surface area (Å²) in [5, 5.41) is 34.3. The number of carbonyl (C=O) groups excluding carboxylic acids is 3. The van der Waals surface area contributed by atoms with Gasteiger partial charge in [0.1, 0.15) is 23.9 Å². The molecule has 3 amide bonds. The molecule has 1 aromatic rings. The predicted octanol–water partition coefficient (Wildman–Crippen LogP) is -2.56. The Morgan fingerprint density at radius 3 is 2.07 bits per heavy atom. The lowest BCUT2D eigenvalue weighted by atomic mass is 10.0. The molecule has 0 aliphatic rings. The second kappa shape index (κ2) is 10.8. The van der Waals surface area contributed by atoms with Crippen LogP contribution in [0.4, 0.5) is 0 Å². The van der Waals surface area contributed by atoms with Crippen LogP contribution in [0.3, 0.4) is 0 Å². The molecule has 0 fully saturated rings. The third kappa shape index (κ3) is 7.21. The Morgan fingerprint density at radius 2 is 1.57 bits per heavy atom. The van der Waals surface area contributed by atoms with E-state index >= 15 is 0 Å². The van der Waals surface area contributed by atoms with Crippen LogP contribution in [0, 0.1) is 0 Å². The molecule has 3 atom stereocenters. The van der Waals surface area contributed by atoms with Gasteiger partial charge >= 0.3 is 5.97 Å². The van der Waals surface area contributed by atoms with Gasteiger partial charge in [0.2, 0.25) is 17.7 Å². The Hall–Kier alpha value is -3.18. The summed E-state index contributed by atoms with van der Waals surface area (Å²) in [6.45, 7) is 0.252. The van der Waals surface area contributed by atoms with Gasteiger partial charge in [-0.25, -0.2) is 4.79 Å². The lowest BCUT2D eigenvalue weighted by Gasteiger charge is -2.23. The molecule has 0 aliphatic carbocycles. The average Bonchev–Trinajstić information content (AvgIpc) is 2.66. The molecule has 0 spiro atoms. The molecule has 3 unspecified atom stereocenters. The summed E-state index contributed by atoms with van der Waals surface area (Å²) in [4.78, 5) is 47.1. The molecule has 0 heterocycles. The fraction of sp³-hybridized carbons (Fsp3) is 0.412. The van der Waals surface area contributed by atoms with E-state index in [-0.39, 0.29) is 18.7 Å². The number of aliphatic hydroxyl groups is 1. The number of carboxylic acids is 1. The van der Waals surface area contributed by atoms with Crippen molar-refractivity contribution in [1.29, 1.82) is 0 Å². The van der Waals surface area contributed by atoms with Gasteiger partial charge in [0.25, 0.3) is 0 Å². The third-order valence-corrected chi connectivity index (χ3v) is 3.76. The molecule has 11 nitrogen and oxygen atoms in total. The molecule has 0 saturated heterocycles. The van der Waals surface area contributed by atoms with E-state index in [0.717, 1.165) is 0 Å². The van der Waals surface area contributed by atoms with Gasteiger partial charge in [-0.2, -0.15) is 0 Å². The van der Waals surface area contributed by atoms with E-state index in [1.807, 2.05) is 0 Å². The van der Waals surface area contributed by atoms with Crippen LogP contribution in [-0.4, -0.2) is 70.3 Å². The standard InChI is InChI=1S/C17H24N4O7/c1-9(19-14(24)7-18)15(25)20-12(6-10-2-4-11(23)5-3-10)16(26)21-13(8-22)17(27)28/h2-5,9,12-13,22-23H,6-8,18H2,1H3,(H,19,24)(H,20,25)(H,21,26)(H,27,28). The van der Waals surface area contributed by atoms with Gasteiger partial charge in [-0.3, -0.25) is 14.4 Å². The number of amides is 3. The number of aromatic hydroxyl groups is 1. The number of benzene rings is 1. The van der Waals surface area contributed by atoms with E-state index in [2.05, 4.69) is 16.0 Å². The van der Waals surface area contributed by atoms with E-state index < -0.39 is 48.4 Å². The number of carbonyl (C=O) groups is 4. The van der Waals surface area contributed by atoms with Gasteiger partial charge in [0, 0.05) is 6.42 Å². The summed E-state index contributed by atoms with van der Waals surface area (Å²) in [6, 6.07) is 2.13. The van der Waals surface area contributed by atoms with E-state index in [9.17, 15) is 24.3 Å². The summed E-state index contributed by atoms with van der Waals surface area (Å²) < 4.78 is 0. The van der Waals surface area contributed by atoms with Gasteiger partial charge in [0.05, 0.1) is 13.2 Å². The summed E-state index contributed by atoms with van der Waals surface area (Å²) in [7, 11) is 0. The van der Waals surface area contributed by atoms with Crippen molar-refractivity contribution >= 4 is 23.7 Å². The Balaban J connectivity index is 2.94. The number of aliphatic carboxylic acids is 1. The lowest BCUT2D eigenvalue weighted by Crippen LogP contribution is -2.56. The van der Waals surface area contributed by atoms with Gasteiger partial charge in [0.15, 0.2) is 0 Å². The quantitative estimate of drug-likeness (QED) is 0.225. The van der Waals surface area contributed by atoms with Crippen LogP contribution in [0.5, 0.6) is 5.75 Å². The summed E-state index contributed by atoms with van der Waals surface area (Å²) in [5.41, 5.74) is 5.75. The van der Waals surface area contributed by atoms with Crippen LogP contribution < -0.4 is 21.7 Å². The summed E-state index contributed by atoms with van der Waals surface area (Å²) >= 11 is 0. The number of nitrogens with one attached hydrogen (secondary N) is 3. The van der Waals surface area contributed by atoms with Crippen LogP contribution in [0.15, 0.2) is 24.3 Å². The van der Waals surface area contributed by atoms with Crippen molar-refractivity contribution < 1.29 is 34.5 Å². The zero-order chi connectivity index (χ0) is 21.3. The van der Waals surface area contributed by atoms with Crippen molar-refractivity contribution in [1.82, 2.24) is 16.0 Å². The molecule has 0 saturated carbocycles. The molecule has 0 aliphatic heterocycles. The largest absolute Gasteiger partial charge is 0.508 e. The first-order chi connectivity index (χ1) is 13.2. The number of aliphatic hydroxyl groups excluding tert-OH is 1. The topological polar surface area (TPSA) is 191 Å². The van der Waals surface area contributed by atoms with Crippen molar-refractivity contribution in [3.8, 4) is 5.75 Å². The number of nitrogens with two attached hydrogens (primary N) is 1. The highest BCUT2D eigenvalue weighted by atomic mass is 16.4. The second-order valence-electron chi connectivity index (χ2n) is 6.01. The molecule has 1 aromatic carbocycles. The number of phenols is 1. The molecule has 154 valence electrons. The van der Waals surface area contributed by atoms with E-state index in [1.54, 1.807) is 0 Å². The maximum Gasteiger partial charge on any atom is 0.328 e. The smallest absolute Gasteiger partial charge is 0.328 e. The number of rotatable bonds is 10. The fourth-order valence-electron chi connectivity index (χ4n) is 2.20. The molecule has 8 N–H and O–H groups in total. The Labute approximate surface area is 160 Å². The highest BCUT2D eigenvalue weighted by Crippen LogP contribution is 2.11. The lowest BCUT2D eigenvalue weighted by molar-refractivity contribution is -0.143. The predicted molar refractivity (Wildman–Crippen MR) is 97.1 cm³/mol. The second-order valence-corrected chi connectivity index (χ2v) is 6.01. The molecule has 11 heteroatoms.